The van der Waals surface area contributed by atoms with Gasteiger partial charge in [0.15, 0.2) is 0 Å². The zero-order valence-electron chi connectivity index (χ0n) is 9.34. The third-order valence-electron chi connectivity index (χ3n) is 2.41. The van der Waals surface area contributed by atoms with E-state index in [1.807, 2.05) is 12.1 Å². The first-order valence-corrected chi connectivity index (χ1v) is 6.86. The second kappa shape index (κ2) is 5.78. The number of benzene rings is 1. The van der Waals surface area contributed by atoms with Crippen molar-refractivity contribution >= 4 is 45.9 Å². The second-order valence-electron chi connectivity index (χ2n) is 3.74. The Morgan fingerprint density at radius 3 is 2.72 bits per heavy atom. The highest BCUT2D eigenvalue weighted by Crippen LogP contribution is 2.26. The van der Waals surface area contributed by atoms with Gasteiger partial charge in [0, 0.05) is 17.5 Å². The summed E-state index contributed by atoms with van der Waals surface area (Å²) >= 11 is 13.1. The summed E-state index contributed by atoms with van der Waals surface area (Å²) in [7, 11) is 0. The van der Waals surface area contributed by atoms with Gasteiger partial charge in [-0.25, -0.2) is 4.39 Å². The van der Waals surface area contributed by atoms with E-state index in [2.05, 4.69) is 5.32 Å². The van der Waals surface area contributed by atoms with Gasteiger partial charge in [-0.3, -0.25) is 0 Å². The lowest BCUT2D eigenvalue weighted by Crippen LogP contribution is -2.06. The summed E-state index contributed by atoms with van der Waals surface area (Å²) in [6.07, 6.45) is 0.825. The van der Waals surface area contributed by atoms with Crippen LogP contribution in [0.3, 0.4) is 0 Å². The van der Waals surface area contributed by atoms with Gasteiger partial charge in [-0.1, -0.05) is 23.2 Å². The summed E-state index contributed by atoms with van der Waals surface area (Å²) in [5.41, 5.74) is 6.69. The minimum Gasteiger partial charge on any atom is -0.397 e. The van der Waals surface area contributed by atoms with Crippen LogP contribution in [-0.2, 0) is 6.42 Å². The van der Waals surface area contributed by atoms with Crippen molar-refractivity contribution in [2.24, 2.45) is 0 Å². The summed E-state index contributed by atoms with van der Waals surface area (Å²) in [4.78, 5) is 1.18. The van der Waals surface area contributed by atoms with Crippen LogP contribution in [0.1, 0.15) is 4.88 Å². The number of nitrogens with two attached hydrogens (primary N) is 1. The van der Waals surface area contributed by atoms with Gasteiger partial charge in [0.05, 0.1) is 20.7 Å². The van der Waals surface area contributed by atoms with Crippen LogP contribution in [0, 0.1) is 5.82 Å². The predicted octanol–water partition coefficient (Wildman–Crippen LogP) is 4.43. The molecule has 18 heavy (non-hydrogen) atoms. The van der Waals surface area contributed by atoms with E-state index in [4.69, 9.17) is 28.9 Å². The van der Waals surface area contributed by atoms with Crippen LogP contribution < -0.4 is 11.1 Å². The Labute approximate surface area is 119 Å². The smallest absolute Gasteiger partial charge is 0.143 e. The summed E-state index contributed by atoms with van der Waals surface area (Å²) in [6, 6.07) is 6.56. The maximum absolute atomic E-state index is 13.1. The molecule has 0 aliphatic heterocycles. The molecule has 0 aliphatic carbocycles. The first kappa shape index (κ1) is 13.5. The number of hydrogen-bond donors (Lipinski definition) is 2. The van der Waals surface area contributed by atoms with Gasteiger partial charge in [0.2, 0.25) is 0 Å². The molecule has 3 N–H and O–H groups in total. The number of rotatable bonds is 4. The molecule has 0 aliphatic rings. The molecular formula is C12H11Cl2FN2S. The average Bonchev–Trinajstić information content (AvgIpc) is 2.71. The fourth-order valence-corrected chi connectivity index (χ4v) is 2.77. The molecule has 0 bridgehead atoms. The monoisotopic (exact) mass is 304 g/mol. The number of halogens is 3. The summed E-state index contributed by atoms with van der Waals surface area (Å²) in [5, 5.41) is 3.19. The van der Waals surface area contributed by atoms with Crippen molar-refractivity contribution < 1.29 is 4.39 Å². The predicted molar refractivity (Wildman–Crippen MR) is 77.3 cm³/mol. The SMILES string of the molecule is Nc1cc(F)c(Cl)cc1NCCc1ccc(Cl)s1. The Balaban J connectivity index is 1.96. The van der Waals surface area contributed by atoms with Crippen molar-refractivity contribution in [3.63, 3.8) is 0 Å². The minimum atomic E-state index is -0.509. The van der Waals surface area contributed by atoms with Crippen LogP contribution in [0.25, 0.3) is 0 Å². The second-order valence-corrected chi connectivity index (χ2v) is 5.94. The maximum Gasteiger partial charge on any atom is 0.143 e. The standard InChI is InChI=1S/C12H11Cl2FN2S/c13-8-5-11(10(16)6-9(8)15)17-4-3-7-1-2-12(14)18-7/h1-2,5-6,17H,3-4,16H2. The topological polar surface area (TPSA) is 38.0 Å². The molecule has 1 heterocycles. The molecule has 0 unspecified atom stereocenters. The fraction of sp³-hybridized carbons (Fsp3) is 0.167. The Kier molecular flexibility index (Phi) is 4.32. The van der Waals surface area contributed by atoms with Gasteiger partial charge >= 0.3 is 0 Å². The zero-order chi connectivity index (χ0) is 13.1. The molecule has 0 saturated carbocycles. The molecule has 0 atom stereocenters. The molecule has 0 fully saturated rings. The van der Waals surface area contributed by atoms with Crippen molar-refractivity contribution in [2.45, 2.75) is 6.42 Å². The normalized spacial score (nSPS) is 10.6. The average molecular weight is 305 g/mol. The highest BCUT2D eigenvalue weighted by Gasteiger charge is 2.06. The van der Waals surface area contributed by atoms with Crippen LogP contribution in [0.15, 0.2) is 24.3 Å². The highest BCUT2D eigenvalue weighted by atomic mass is 35.5. The Hall–Kier alpha value is -0.970. The largest absolute Gasteiger partial charge is 0.397 e. The highest BCUT2D eigenvalue weighted by molar-refractivity contribution is 7.16. The van der Waals surface area contributed by atoms with Gasteiger partial charge in [-0.2, -0.15) is 0 Å². The molecule has 0 radical (unpaired) electrons. The molecule has 0 amide bonds. The lowest BCUT2D eigenvalue weighted by Gasteiger charge is -2.09. The Bertz CT molecular complexity index is 557. The van der Waals surface area contributed by atoms with E-state index in [9.17, 15) is 4.39 Å². The van der Waals surface area contributed by atoms with E-state index >= 15 is 0 Å². The third kappa shape index (κ3) is 3.28. The lowest BCUT2D eigenvalue weighted by atomic mass is 10.2. The molecule has 0 spiro atoms. The quantitative estimate of drug-likeness (QED) is 0.820. The molecule has 1 aromatic carbocycles. The van der Waals surface area contributed by atoms with Crippen LogP contribution in [0.4, 0.5) is 15.8 Å². The summed E-state index contributed by atoms with van der Waals surface area (Å²) < 4.78 is 13.9. The van der Waals surface area contributed by atoms with E-state index in [0.29, 0.717) is 17.9 Å². The number of thiophene rings is 1. The molecule has 2 aromatic rings. The molecule has 96 valence electrons. The molecular weight excluding hydrogens is 294 g/mol. The number of hydrogen-bond acceptors (Lipinski definition) is 3. The summed E-state index contributed by atoms with van der Waals surface area (Å²) in [5.74, 6) is -0.509. The van der Waals surface area contributed by atoms with E-state index in [-0.39, 0.29) is 5.02 Å². The molecule has 2 rings (SSSR count). The van der Waals surface area contributed by atoms with E-state index in [0.717, 1.165) is 10.8 Å². The molecule has 0 saturated heterocycles. The molecule has 6 heteroatoms. The lowest BCUT2D eigenvalue weighted by molar-refractivity contribution is 0.629. The van der Waals surface area contributed by atoms with Gasteiger partial charge in [-0.05, 0) is 24.6 Å². The van der Waals surface area contributed by atoms with E-state index in [1.165, 1.54) is 17.0 Å². The zero-order valence-corrected chi connectivity index (χ0v) is 11.7. The Morgan fingerprint density at radius 2 is 2.06 bits per heavy atom. The van der Waals surface area contributed by atoms with Crippen LogP contribution >= 0.6 is 34.5 Å². The van der Waals surface area contributed by atoms with Crippen LogP contribution in [-0.4, -0.2) is 6.54 Å². The first-order chi connectivity index (χ1) is 8.56. The van der Waals surface area contributed by atoms with Crippen LogP contribution in [0.2, 0.25) is 9.36 Å². The Morgan fingerprint density at radius 1 is 1.28 bits per heavy atom. The number of nitrogen functional groups attached to an aromatic ring is 1. The molecule has 2 nitrogen and oxygen atoms in total. The van der Waals surface area contributed by atoms with Crippen LogP contribution in [0.5, 0.6) is 0 Å². The number of nitrogens with one attached hydrogen (secondary N) is 1. The van der Waals surface area contributed by atoms with Crippen molar-refractivity contribution in [3.05, 3.63) is 44.3 Å². The van der Waals surface area contributed by atoms with Gasteiger partial charge in [0.25, 0.3) is 0 Å². The summed E-state index contributed by atoms with van der Waals surface area (Å²) in [6.45, 7) is 0.684. The van der Waals surface area contributed by atoms with Crippen molar-refractivity contribution in [1.82, 2.24) is 0 Å². The van der Waals surface area contributed by atoms with Gasteiger partial charge in [-0.15, -0.1) is 11.3 Å². The third-order valence-corrected chi connectivity index (χ3v) is 3.99. The van der Waals surface area contributed by atoms with Crippen molar-refractivity contribution in [2.75, 3.05) is 17.6 Å². The van der Waals surface area contributed by atoms with Gasteiger partial charge < -0.3 is 11.1 Å². The van der Waals surface area contributed by atoms with Crippen molar-refractivity contribution in [3.8, 4) is 0 Å². The minimum absolute atomic E-state index is 0.0610. The maximum atomic E-state index is 13.1. The first-order valence-electron chi connectivity index (χ1n) is 5.29. The molecule has 1 aromatic heterocycles. The fourth-order valence-electron chi connectivity index (χ4n) is 1.52. The van der Waals surface area contributed by atoms with Crippen molar-refractivity contribution in [1.29, 1.82) is 0 Å². The van der Waals surface area contributed by atoms with Gasteiger partial charge in [0.1, 0.15) is 5.82 Å². The van der Waals surface area contributed by atoms with E-state index in [1.54, 1.807) is 11.3 Å². The van der Waals surface area contributed by atoms with E-state index < -0.39 is 5.82 Å². The number of anilines is 2.